The first-order valence-electron chi connectivity index (χ1n) is 13.2. The van der Waals surface area contributed by atoms with Crippen molar-refractivity contribution in [2.75, 3.05) is 6.54 Å². The number of hydrogen-bond acceptors (Lipinski definition) is 2. The Morgan fingerprint density at radius 2 is 1.18 bits per heavy atom. The van der Waals surface area contributed by atoms with E-state index in [1.54, 1.807) is 0 Å². The molecule has 0 aliphatic carbocycles. The summed E-state index contributed by atoms with van der Waals surface area (Å²) in [7, 11) is -1.45. The van der Waals surface area contributed by atoms with E-state index < -0.39 is 13.6 Å². The van der Waals surface area contributed by atoms with E-state index in [9.17, 15) is 5.11 Å². The van der Waals surface area contributed by atoms with Crippen LogP contribution in [0.3, 0.4) is 0 Å². The molecule has 1 aliphatic heterocycles. The van der Waals surface area contributed by atoms with Crippen molar-refractivity contribution in [3.05, 3.63) is 108 Å². The van der Waals surface area contributed by atoms with Gasteiger partial charge in [-0.25, -0.2) is 0 Å². The van der Waals surface area contributed by atoms with Crippen LogP contribution in [0, 0.1) is 0 Å². The number of aliphatic hydroxyl groups is 1. The van der Waals surface area contributed by atoms with Gasteiger partial charge in [0.2, 0.25) is 0 Å². The minimum atomic E-state index is -1.45. The van der Waals surface area contributed by atoms with Gasteiger partial charge in [0.15, 0.2) is 0 Å². The molecular weight excluding hydrogens is 430 g/mol. The summed E-state index contributed by atoms with van der Waals surface area (Å²) < 4.78 is 0. The van der Waals surface area contributed by atoms with Crippen molar-refractivity contribution >= 4 is 8.07 Å². The summed E-state index contributed by atoms with van der Waals surface area (Å²) in [6.45, 7) is 8.03. The number of aliphatic hydroxyl groups excluding tert-OH is 1. The summed E-state index contributed by atoms with van der Waals surface area (Å²) in [5.74, 6) is 0. The first-order chi connectivity index (χ1) is 16.6. The predicted octanol–water partition coefficient (Wildman–Crippen LogP) is 7.31. The monoisotopic (exact) mass is 471 g/mol. The molecule has 4 rings (SSSR count). The van der Waals surface area contributed by atoms with Crippen LogP contribution in [0.25, 0.3) is 0 Å². The van der Waals surface area contributed by atoms with Gasteiger partial charge in [-0.15, -0.1) is 0 Å². The fourth-order valence-electron chi connectivity index (χ4n) is 6.41. The Morgan fingerprint density at radius 3 is 1.56 bits per heavy atom. The Balaban J connectivity index is 1.88. The van der Waals surface area contributed by atoms with Crippen LogP contribution in [0.2, 0.25) is 24.2 Å². The van der Waals surface area contributed by atoms with Crippen LogP contribution in [0.1, 0.15) is 50.3 Å². The lowest BCUT2D eigenvalue weighted by atomic mass is 9.75. The molecule has 1 aliphatic rings. The number of nitrogens with zero attached hydrogens (tertiary/aromatic N) is 1. The summed E-state index contributed by atoms with van der Waals surface area (Å²) in [5, 5.41) is 11.8. The highest BCUT2D eigenvalue weighted by atomic mass is 28.3. The number of likely N-dealkylation sites (tertiary alicyclic amines) is 1. The van der Waals surface area contributed by atoms with Crippen LogP contribution < -0.4 is 0 Å². The van der Waals surface area contributed by atoms with Gasteiger partial charge < -0.3 is 5.11 Å². The first kappa shape index (κ1) is 24.9. The van der Waals surface area contributed by atoms with Gasteiger partial charge in [-0.1, -0.05) is 130 Å². The van der Waals surface area contributed by atoms with Crippen molar-refractivity contribution in [3.8, 4) is 0 Å². The van der Waals surface area contributed by atoms with Gasteiger partial charge in [0.05, 0.1) is 19.7 Å². The smallest absolute Gasteiger partial charge is 0.0976 e. The topological polar surface area (TPSA) is 23.5 Å². The van der Waals surface area contributed by atoms with E-state index in [0.717, 1.165) is 25.4 Å². The van der Waals surface area contributed by atoms with Crippen molar-refractivity contribution < 1.29 is 5.11 Å². The average Bonchev–Trinajstić information content (AvgIpc) is 3.40. The molecule has 0 saturated carbocycles. The molecule has 0 spiro atoms. The van der Waals surface area contributed by atoms with Gasteiger partial charge in [-0.3, -0.25) is 4.90 Å². The highest BCUT2D eigenvalue weighted by Crippen LogP contribution is 2.47. The second-order valence-electron chi connectivity index (χ2n) is 10.0. The maximum Gasteiger partial charge on any atom is 0.0976 e. The van der Waals surface area contributed by atoms with Crippen molar-refractivity contribution in [1.29, 1.82) is 0 Å². The van der Waals surface area contributed by atoms with Crippen LogP contribution in [0.4, 0.5) is 0 Å². The van der Waals surface area contributed by atoms with Gasteiger partial charge in [-0.2, -0.15) is 0 Å². The molecule has 2 atom stereocenters. The Labute approximate surface area is 207 Å². The SMILES string of the molecule is CC[Si](CC)(CC)C[C@@H](O)[C@H]1CCCN1C(c1ccccc1)(c1ccccc1)c1ccccc1. The summed E-state index contributed by atoms with van der Waals surface area (Å²) in [6.07, 6.45) is 1.89. The third-order valence-electron chi connectivity index (χ3n) is 8.64. The molecule has 1 N–H and O–H groups in total. The summed E-state index contributed by atoms with van der Waals surface area (Å²) in [4.78, 5) is 2.65. The molecule has 0 amide bonds. The summed E-state index contributed by atoms with van der Waals surface area (Å²) in [5.41, 5.74) is 3.39. The van der Waals surface area contributed by atoms with E-state index in [2.05, 4.69) is 117 Å². The predicted molar refractivity (Wildman–Crippen MR) is 147 cm³/mol. The van der Waals surface area contributed by atoms with Crippen LogP contribution in [0.5, 0.6) is 0 Å². The van der Waals surface area contributed by atoms with Gasteiger partial charge in [0, 0.05) is 12.6 Å². The van der Waals surface area contributed by atoms with E-state index in [1.807, 2.05) is 0 Å². The fourth-order valence-corrected chi connectivity index (χ4v) is 9.93. The van der Waals surface area contributed by atoms with Crippen molar-refractivity contribution in [2.45, 2.75) is 75.5 Å². The molecule has 1 saturated heterocycles. The van der Waals surface area contributed by atoms with E-state index in [1.165, 1.54) is 34.8 Å². The van der Waals surface area contributed by atoms with Crippen molar-refractivity contribution in [3.63, 3.8) is 0 Å². The molecule has 1 heterocycles. The maximum atomic E-state index is 11.8. The zero-order valence-corrected chi connectivity index (χ0v) is 22.2. The standard InChI is InChI=1S/C31H41NOSi/c1-4-34(5-2,6-3)25-30(33)29-23-16-24-32(29)31(26-17-10-7-11-18-26,27-19-12-8-13-20-27)28-21-14-9-15-22-28/h7-15,17-22,29-30,33H,4-6,16,23-25H2,1-3H3/t29-,30-/m1/s1. The normalized spacial score (nSPS) is 18.2. The fraction of sp³-hybridized carbons (Fsp3) is 0.419. The van der Waals surface area contributed by atoms with Gasteiger partial charge in [0.1, 0.15) is 0 Å². The number of rotatable bonds is 10. The third kappa shape index (κ3) is 4.54. The second-order valence-corrected chi connectivity index (χ2v) is 15.6. The van der Waals surface area contributed by atoms with E-state index in [0.29, 0.717) is 0 Å². The van der Waals surface area contributed by atoms with Crippen molar-refractivity contribution in [2.24, 2.45) is 0 Å². The Morgan fingerprint density at radius 1 is 0.765 bits per heavy atom. The molecular formula is C31H41NOSi. The molecule has 0 unspecified atom stereocenters. The van der Waals surface area contributed by atoms with E-state index in [4.69, 9.17) is 0 Å². The van der Waals surface area contributed by atoms with Crippen LogP contribution in [-0.4, -0.2) is 36.8 Å². The molecule has 34 heavy (non-hydrogen) atoms. The molecule has 180 valence electrons. The molecule has 0 radical (unpaired) electrons. The van der Waals surface area contributed by atoms with Gasteiger partial charge in [-0.05, 0) is 35.6 Å². The summed E-state index contributed by atoms with van der Waals surface area (Å²) in [6, 6.07) is 37.8. The number of hydrogen-bond donors (Lipinski definition) is 1. The largest absolute Gasteiger partial charge is 0.392 e. The molecule has 3 heteroatoms. The van der Waals surface area contributed by atoms with Crippen molar-refractivity contribution in [1.82, 2.24) is 4.90 Å². The van der Waals surface area contributed by atoms with E-state index in [-0.39, 0.29) is 12.1 Å². The quantitative estimate of drug-likeness (QED) is 0.247. The zero-order chi connectivity index (χ0) is 24.0. The average molecular weight is 472 g/mol. The lowest BCUT2D eigenvalue weighted by molar-refractivity contribution is 0.0426. The molecule has 2 nitrogen and oxygen atoms in total. The Bertz CT molecular complexity index is 898. The molecule has 0 aromatic heterocycles. The lowest BCUT2D eigenvalue weighted by Gasteiger charge is -2.48. The van der Waals surface area contributed by atoms with E-state index >= 15 is 0 Å². The second kappa shape index (κ2) is 11.0. The Hall–Kier alpha value is -2.20. The lowest BCUT2D eigenvalue weighted by Crippen LogP contribution is -2.55. The van der Waals surface area contributed by atoms with Crippen LogP contribution >= 0.6 is 0 Å². The van der Waals surface area contributed by atoms with Crippen LogP contribution in [-0.2, 0) is 5.54 Å². The molecule has 1 fully saturated rings. The van der Waals surface area contributed by atoms with Gasteiger partial charge in [0.25, 0.3) is 0 Å². The highest BCUT2D eigenvalue weighted by molar-refractivity contribution is 6.79. The molecule has 0 bridgehead atoms. The Kier molecular flexibility index (Phi) is 8.08. The van der Waals surface area contributed by atoms with Crippen LogP contribution in [0.15, 0.2) is 91.0 Å². The summed E-state index contributed by atoms with van der Waals surface area (Å²) >= 11 is 0. The third-order valence-corrected chi connectivity index (χ3v) is 14.4. The highest BCUT2D eigenvalue weighted by Gasteiger charge is 2.49. The van der Waals surface area contributed by atoms with Gasteiger partial charge >= 0.3 is 0 Å². The zero-order valence-electron chi connectivity index (χ0n) is 21.2. The first-order valence-corrected chi connectivity index (χ1v) is 16.1. The minimum Gasteiger partial charge on any atom is -0.392 e. The molecule has 3 aromatic carbocycles. The maximum absolute atomic E-state index is 11.8. The minimum absolute atomic E-state index is 0.150. The number of benzene rings is 3. The molecule has 3 aromatic rings.